The molecule has 0 radical (unpaired) electrons. The molecule has 0 bridgehead atoms. The predicted molar refractivity (Wildman–Crippen MR) is 72.9 cm³/mol. The second-order valence-electron chi connectivity index (χ2n) is 4.58. The first-order chi connectivity index (χ1) is 10.4. The van der Waals surface area contributed by atoms with E-state index in [-0.39, 0.29) is 23.6 Å². The quantitative estimate of drug-likeness (QED) is 0.872. The summed E-state index contributed by atoms with van der Waals surface area (Å²) in [6.45, 7) is -0.178. The van der Waals surface area contributed by atoms with E-state index >= 15 is 0 Å². The molecule has 0 spiro atoms. The molecule has 4 nitrogen and oxygen atoms in total. The predicted octanol–water partition coefficient (Wildman–Crippen LogP) is 2.78. The van der Waals surface area contributed by atoms with E-state index in [4.69, 9.17) is 4.74 Å². The van der Waals surface area contributed by atoms with Gasteiger partial charge in [-0.2, -0.15) is 0 Å². The molecule has 0 N–H and O–H groups in total. The van der Waals surface area contributed by atoms with Crippen LogP contribution >= 0.6 is 0 Å². The lowest BCUT2D eigenvalue weighted by atomic mass is 10.1. The summed E-state index contributed by atoms with van der Waals surface area (Å²) in [5, 5.41) is 0. The Labute approximate surface area is 125 Å². The smallest absolute Gasteiger partial charge is 0.259 e. The number of nitrogens with zero attached hydrogens (tertiary/aromatic N) is 2. The first kappa shape index (κ1) is 15.8. The third-order valence-corrected chi connectivity index (χ3v) is 3.03. The van der Waals surface area contributed by atoms with Crippen molar-refractivity contribution >= 4 is 5.91 Å². The van der Waals surface area contributed by atoms with Gasteiger partial charge in [-0.05, 0) is 12.1 Å². The second-order valence-corrected chi connectivity index (χ2v) is 4.58. The van der Waals surface area contributed by atoms with Crippen LogP contribution in [0.25, 0.3) is 0 Å². The van der Waals surface area contributed by atoms with Crippen LogP contribution in [0.15, 0.2) is 30.5 Å². The lowest BCUT2D eigenvalue weighted by Gasteiger charge is -2.18. The highest BCUT2D eigenvalue weighted by molar-refractivity contribution is 5.96. The van der Waals surface area contributed by atoms with Gasteiger partial charge in [0.05, 0.1) is 13.3 Å². The summed E-state index contributed by atoms with van der Waals surface area (Å²) in [6, 6.07) is 4.67. The van der Waals surface area contributed by atoms with Gasteiger partial charge in [0.15, 0.2) is 11.6 Å². The Morgan fingerprint density at radius 1 is 1.32 bits per heavy atom. The van der Waals surface area contributed by atoms with Gasteiger partial charge < -0.3 is 9.64 Å². The molecule has 1 heterocycles. The number of amides is 1. The Kier molecular flexibility index (Phi) is 4.65. The van der Waals surface area contributed by atoms with E-state index in [0.717, 1.165) is 23.2 Å². The summed E-state index contributed by atoms with van der Waals surface area (Å²) in [7, 11) is 2.68. The van der Waals surface area contributed by atoms with Crippen LogP contribution in [0.5, 0.6) is 5.88 Å². The Bertz CT molecular complexity index is 707. The molecule has 7 heteroatoms. The molecule has 0 aliphatic heterocycles. The molecule has 0 saturated carbocycles. The third kappa shape index (κ3) is 3.19. The lowest BCUT2D eigenvalue weighted by Crippen LogP contribution is -2.27. The van der Waals surface area contributed by atoms with E-state index in [1.54, 1.807) is 0 Å². The lowest BCUT2D eigenvalue weighted by molar-refractivity contribution is 0.0778. The van der Waals surface area contributed by atoms with E-state index in [2.05, 4.69) is 4.98 Å². The molecule has 0 aliphatic rings. The Balaban J connectivity index is 2.26. The number of hydrogen-bond acceptors (Lipinski definition) is 3. The van der Waals surface area contributed by atoms with Crippen molar-refractivity contribution in [3.63, 3.8) is 0 Å². The van der Waals surface area contributed by atoms with Gasteiger partial charge in [0.1, 0.15) is 11.4 Å². The minimum absolute atomic E-state index is 0.0131. The standard InChI is InChI=1S/C15H13F3N2O2/c1-20(8-9-4-3-5-12(17)13(9)18)15(21)11-6-10(16)7-19-14(11)22-2/h3-7H,8H2,1-2H3. The number of methoxy groups -OCH3 is 1. The first-order valence-corrected chi connectivity index (χ1v) is 6.32. The summed E-state index contributed by atoms with van der Waals surface area (Å²) in [4.78, 5) is 17.1. The maximum absolute atomic E-state index is 13.6. The molecule has 1 aromatic carbocycles. The second kappa shape index (κ2) is 6.46. The zero-order valence-electron chi connectivity index (χ0n) is 11.9. The number of hydrogen-bond donors (Lipinski definition) is 0. The van der Waals surface area contributed by atoms with E-state index < -0.39 is 23.4 Å². The third-order valence-electron chi connectivity index (χ3n) is 3.03. The fourth-order valence-corrected chi connectivity index (χ4v) is 1.95. The van der Waals surface area contributed by atoms with Gasteiger partial charge in [-0.3, -0.25) is 4.79 Å². The Hall–Kier alpha value is -2.57. The number of carbonyl (C=O) groups excluding carboxylic acids is 1. The number of benzene rings is 1. The maximum Gasteiger partial charge on any atom is 0.259 e. The van der Waals surface area contributed by atoms with E-state index in [1.807, 2.05) is 0 Å². The van der Waals surface area contributed by atoms with Crippen LogP contribution in [0.1, 0.15) is 15.9 Å². The molecular formula is C15H13F3N2O2. The van der Waals surface area contributed by atoms with Gasteiger partial charge in [0.25, 0.3) is 5.91 Å². The summed E-state index contributed by atoms with van der Waals surface area (Å²) < 4.78 is 45.0. The molecular weight excluding hydrogens is 297 g/mol. The number of aromatic nitrogens is 1. The van der Waals surface area contributed by atoms with Gasteiger partial charge in [0, 0.05) is 19.2 Å². The van der Waals surface area contributed by atoms with Gasteiger partial charge in [-0.1, -0.05) is 12.1 Å². The van der Waals surface area contributed by atoms with Crippen molar-refractivity contribution in [1.82, 2.24) is 9.88 Å². The highest BCUT2D eigenvalue weighted by Gasteiger charge is 2.20. The molecule has 0 fully saturated rings. The van der Waals surface area contributed by atoms with Crippen LogP contribution in [-0.4, -0.2) is 29.9 Å². The fraction of sp³-hybridized carbons (Fsp3) is 0.200. The van der Waals surface area contributed by atoms with Crippen LogP contribution in [0, 0.1) is 17.5 Å². The summed E-state index contributed by atoms with van der Waals surface area (Å²) in [5.74, 6) is -3.38. The molecule has 2 aromatic rings. The minimum Gasteiger partial charge on any atom is -0.480 e. The van der Waals surface area contributed by atoms with Crippen LogP contribution in [0.3, 0.4) is 0 Å². The fourth-order valence-electron chi connectivity index (χ4n) is 1.95. The molecule has 0 saturated heterocycles. The number of halogens is 3. The van der Waals surface area contributed by atoms with E-state index in [1.165, 1.54) is 26.3 Å². The van der Waals surface area contributed by atoms with E-state index in [0.29, 0.717) is 0 Å². The van der Waals surface area contributed by atoms with E-state index in [9.17, 15) is 18.0 Å². The molecule has 0 aliphatic carbocycles. The SMILES string of the molecule is COc1ncc(F)cc1C(=O)N(C)Cc1cccc(F)c1F. The first-order valence-electron chi connectivity index (χ1n) is 6.32. The normalized spacial score (nSPS) is 10.4. The molecule has 1 amide bonds. The largest absolute Gasteiger partial charge is 0.480 e. The van der Waals surface area contributed by atoms with Crippen LogP contribution < -0.4 is 4.74 Å². The summed E-state index contributed by atoms with van der Waals surface area (Å²) in [6.07, 6.45) is 0.919. The number of ether oxygens (including phenoxy) is 1. The van der Waals surface area contributed by atoms with Crippen molar-refractivity contribution < 1.29 is 22.7 Å². The molecule has 0 atom stereocenters. The Morgan fingerprint density at radius 3 is 2.73 bits per heavy atom. The van der Waals surface area contributed by atoms with Crippen molar-refractivity contribution in [3.8, 4) is 5.88 Å². The van der Waals surface area contributed by atoms with Gasteiger partial charge in [-0.25, -0.2) is 18.2 Å². The average Bonchev–Trinajstić information content (AvgIpc) is 2.51. The molecule has 0 unspecified atom stereocenters. The number of carbonyl (C=O) groups is 1. The number of pyridine rings is 1. The number of rotatable bonds is 4. The highest BCUT2D eigenvalue weighted by Crippen LogP contribution is 2.19. The van der Waals surface area contributed by atoms with Crippen molar-refractivity contribution in [1.29, 1.82) is 0 Å². The van der Waals surface area contributed by atoms with Gasteiger partial charge in [-0.15, -0.1) is 0 Å². The highest BCUT2D eigenvalue weighted by atomic mass is 19.2. The minimum atomic E-state index is -1.02. The maximum atomic E-state index is 13.6. The van der Waals surface area contributed by atoms with Crippen LogP contribution in [0.2, 0.25) is 0 Å². The molecule has 116 valence electrons. The van der Waals surface area contributed by atoms with Crippen molar-refractivity contribution in [2.24, 2.45) is 0 Å². The molecule has 2 rings (SSSR count). The topological polar surface area (TPSA) is 42.4 Å². The van der Waals surface area contributed by atoms with Crippen molar-refractivity contribution in [3.05, 3.63) is 59.0 Å². The summed E-state index contributed by atoms with van der Waals surface area (Å²) in [5.41, 5.74) is -0.0824. The van der Waals surface area contributed by atoms with Gasteiger partial charge >= 0.3 is 0 Å². The van der Waals surface area contributed by atoms with Crippen LogP contribution in [0.4, 0.5) is 13.2 Å². The molecule has 22 heavy (non-hydrogen) atoms. The zero-order chi connectivity index (χ0) is 16.3. The van der Waals surface area contributed by atoms with Crippen LogP contribution in [-0.2, 0) is 6.54 Å². The Morgan fingerprint density at radius 2 is 2.05 bits per heavy atom. The van der Waals surface area contributed by atoms with Gasteiger partial charge in [0.2, 0.25) is 5.88 Å². The monoisotopic (exact) mass is 310 g/mol. The van der Waals surface area contributed by atoms with Crippen molar-refractivity contribution in [2.75, 3.05) is 14.2 Å². The zero-order valence-corrected chi connectivity index (χ0v) is 11.9. The van der Waals surface area contributed by atoms with Crippen molar-refractivity contribution in [2.45, 2.75) is 6.54 Å². The molecule has 1 aromatic heterocycles. The average molecular weight is 310 g/mol. The summed E-state index contributed by atoms with van der Waals surface area (Å²) >= 11 is 0.